The minimum absolute atomic E-state index is 0.116. The van der Waals surface area contributed by atoms with Crippen molar-refractivity contribution in [1.29, 1.82) is 0 Å². The van der Waals surface area contributed by atoms with Crippen molar-refractivity contribution in [3.05, 3.63) is 0 Å². The molecule has 0 bridgehead atoms. The SMILES string of the molecule is CC(=O)N1CCCN(C(=O)CC2CCCNC2)CC1. The second-order valence-electron chi connectivity index (χ2n) is 5.66. The number of carbonyl (C=O) groups excluding carboxylic acids is 2. The summed E-state index contributed by atoms with van der Waals surface area (Å²) in [6, 6.07) is 0. The molecular formula is C14H25N3O2. The molecule has 1 atom stereocenters. The minimum Gasteiger partial charge on any atom is -0.341 e. The zero-order valence-electron chi connectivity index (χ0n) is 11.9. The van der Waals surface area contributed by atoms with Gasteiger partial charge in [-0.15, -0.1) is 0 Å². The van der Waals surface area contributed by atoms with Crippen molar-refractivity contribution in [3.63, 3.8) is 0 Å². The second kappa shape index (κ2) is 6.89. The molecule has 2 aliphatic heterocycles. The third-order valence-corrected chi connectivity index (χ3v) is 4.16. The van der Waals surface area contributed by atoms with Crippen LogP contribution < -0.4 is 5.32 Å². The minimum atomic E-state index is 0.116. The Morgan fingerprint density at radius 1 is 1.11 bits per heavy atom. The van der Waals surface area contributed by atoms with Crippen LogP contribution >= 0.6 is 0 Å². The van der Waals surface area contributed by atoms with E-state index in [2.05, 4.69) is 5.32 Å². The normalized spacial score (nSPS) is 25.0. The number of amides is 2. The fraction of sp³-hybridized carbons (Fsp3) is 0.857. The van der Waals surface area contributed by atoms with Crippen molar-refractivity contribution in [1.82, 2.24) is 15.1 Å². The van der Waals surface area contributed by atoms with Gasteiger partial charge >= 0.3 is 0 Å². The average Bonchev–Trinajstić information content (AvgIpc) is 2.65. The Morgan fingerprint density at radius 2 is 1.84 bits per heavy atom. The van der Waals surface area contributed by atoms with Gasteiger partial charge in [0.2, 0.25) is 11.8 Å². The number of nitrogens with one attached hydrogen (secondary N) is 1. The van der Waals surface area contributed by atoms with Crippen LogP contribution in [0.1, 0.15) is 32.6 Å². The van der Waals surface area contributed by atoms with Crippen molar-refractivity contribution < 1.29 is 9.59 Å². The quantitative estimate of drug-likeness (QED) is 0.790. The Bertz CT molecular complexity index is 327. The van der Waals surface area contributed by atoms with Crippen molar-refractivity contribution in [2.24, 2.45) is 5.92 Å². The van der Waals surface area contributed by atoms with Crippen molar-refractivity contribution in [2.75, 3.05) is 39.3 Å². The van der Waals surface area contributed by atoms with Crippen molar-refractivity contribution >= 4 is 11.8 Å². The average molecular weight is 267 g/mol. The van der Waals surface area contributed by atoms with E-state index >= 15 is 0 Å². The molecule has 0 saturated carbocycles. The third-order valence-electron chi connectivity index (χ3n) is 4.16. The van der Waals surface area contributed by atoms with Gasteiger partial charge in [0.15, 0.2) is 0 Å². The number of carbonyl (C=O) groups is 2. The predicted octanol–water partition coefficient (Wildman–Crippen LogP) is 0.457. The fourth-order valence-corrected chi connectivity index (χ4v) is 2.96. The maximum atomic E-state index is 12.3. The van der Waals surface area contributed by atoms with Gasteiger partial charge in [0.25, 0.3) is 0 Å². The first-order valence-corrected chi connectivity index (χ1v) is 7.41. The maximum absolute atomic E-state index is 12.3. The summed E-state index contributed by atoms with van der Waals surface area (Å²) < 4.78 is 0. The lowest BCUT2D eigenvalue weighted by molar-refractivity contribution is -0.133. The van der Waals surface area contributed by atoms with Crippen LogP contribution in [0.25, 0.3) is 0 Å². The predicted molar refractivity (Wildman–Crippen MR) is 73.7 cm³/mol. The smallest absolute Gasteiger partial charge is 0.222 e. The Balaban J connectivity index is 1.80. The van der Waals surface area contributed by atoms with E-state index in [1.807, 2.05) is 9.80 Å². The molecule has 0 aromatic carbocycles. The summed E-state index contributed by atoms with van der Waals surface area (Å²) in [4.78, 5) is 27.4. The lowest BCUT2D eigenvalue weighted by atomic mass is 9.95. The summed E-state index contributed by atoms with van der Waals surface area (Å²) in [5.41, 5.74) is 0. The van der Waals surface area contributed by atoms with E-state index < -0.39 is 0 Å². The molecule has 2 saturated heterocycles. The molecule has 2 fully saturated rings. The molecule has 5 nitrogen and oxygen atoms in total. The molecule has 108 valence electrons. The largest absolute Gasteiger partial charge is 0.341 e. The fourth-order valence-electron chi connectivity index (χ4n) is 2.96. The maximum Gasteiger partial charge on any atom is 0.222 e. The van der Waals surface area contributed by atoms with Crippen LogP contribution in [0.2, 0.25) is 0 Å². The molecule has 0 aromatic rings. The van der Waals surface area contributed by atoms with Gasteiger partial charge in [0, 0.05) is 39.5 Å². The molecule has 0 aromatic heterocycles. The van der Waals surface area contributed by atoms with Gasteiger partial charge in [-0.1, -0.05) is 0 Å². The summed E-state index contributed by atoms with van der Waals surface area (Å²) in [5, 5.41) is 3.35. The second-order valence-corrected chi connectivity index (χ2v) is 5.66. The summed E-state index contributed by atoms with van der Waals surface area (Å²) in [5.74, 6) is 0.873. The van der Waals surface area contributed by atoms with Crippen LogP contribution in [0.4, 0.5) is 0 Å². The zero-order chi connectivity index (χ0) is 13.7. The molecule has 2 aliphatic rings. The van der Waals surface area contributed by atoms with Gasteiger partial charge in [-0.2, -0.15) is 0 Å². The molecule has 2 heterocycles. The van der Waals surface area contributed by atoms with Gasteiger partial charge in [0.1, 0.15) is 0 Å². The first-order valence-electron chi connectivity index (χ1n) is 7.41. The van der Waals surface area contributed by atoms with Gasteiger partial charge in [0.05, 0.1) is 0 Å². The molecule has 1 unspecified atom stereocenters. The third kappa shape index (κ3) is 4.20. The van der Waals surface area contributed by atoms with Crippen LogP contribution in [-0.2, 0) is 9.59 Å². The Hall–Kier alpha value is -1.10. The highest BCUT2D eigenvalue weighted by Gasteiger charge is 2.23. The molecule has 1 N–H and O–H groups in total. The Labute approximate surface area is 115 Å². The Morgan fingerprint density at radius 3 is 2.53 bits per heavy atom. The van der Waals surface area contributed by atoms with Crippen LogP contribution in [0, 0.1) is 5.92 Å². The topological polar surface area (TPSA) is 52.7 Å². The van der Waals surface area contributed by atoms with Gasteiger partial charge in [-0.3, -0.25) is 9.59 Å². The van der Waals surface area contributed by atoms with E-state index in [1.54, 1.807) is 6.92 Å². The van der Waals surface area contributed by atoms with Gasteiger partial charge < -0.3 is 15.1 Å². The molecule has 2 rings (SSSR count). The summed E-state index contributed by atoms with van der Waals surface area (Å²) in [6.45, 7) is 6.61. The molecule has 2 amide bonds. The number of nitrogens with zero attached hydrogens (tertiary/aromatic N) is 2. The highest BCUT2D eigenvalue weighted by molar-refractivity contribution is 5.77. The lowest BCUT2D eigenvalue weighted by Crippen LogP contribution is -2.39. The van der Waals surface area contributed by atoms with Crippen molar-refractivity contribution in [2.45, 2.75) is 32.6 Å². The number of hydrogen-bond donors (Lipinski definition) is 1. The van der Waals surface area contributed by atoms with E-state index in [1.165, 1.54) is 6.42 Å². The summed E-state index contributed by atoms with van der Waals surface area (Å²) in [6.07, 6.45) is 3.89. The zero-order valence-corrected chi connectivity index (χ0v) is 11.9. The van der Waals surface area contributed by atoms with Crippen LogP contribution in [0.3, 0.4) is 0 Å². The molecule has 5 heteroatoms. The molecule has 0 radical (unpaired) electrons. The van der Waals surface area contributed by atoms with E-state index in [4.69, 9.17) is 0 Å². The highest BCUT2D eigenvalue weighted by atomic mass is 16.2. The molecule has 0 spiro atoms. The summed E-state index contributed by atoms with van der Waals surface area (Å²) >= 11 is 0. The monoisotopic (exact) mass is 267 g/mol. The lowest BCUT2D eigenvalue weighted by Gasteiger charge is -2.26. The number of rotatable bonds is 2. The Kier molecular flexibility index (Phi) is 5.19. The molecule has 0 aliphatic carbocycles. The van der Waals surface area contributed by atoms with Gasteiger partial charge in [-0.25, -0.2) is 0 Å². The van der Waals surface area contributed by atoms with E-state index in [0.717, 1.165) is 39.0 Å². The highest BCUT2D eigenvalue weighted by Crippen LogP contribution is 2.16. The van der Waals surface area contributed by atoms with E-state index in [9.17, 15) is 9.59 Å². The van der Waals surface area contributed by atoms with E-state index in [0.29, 0.717) is 25.4 Å². The first kappa shape index (κ1) is 14.3. The first-order chi connectivity index (χ1) is 9.16. The summed E-state index contributed by atoms with van der Waals surface area (Å²) in [7, 11) is 0. The number of hydrogen-bond acceptors (Lipinski definition) is 3. The van der Waals surface area contributed by atoms with Crippen LogP contribution in [-0.4, -0.2) is 60.9 Å². The molecule has 19 heavy (non-hydrogen) atoms. The van der Waals surface area contributed by atoms with E-state index in [-0.39, 0.29) is 11.8 Å². The van der Waals surface area contributed by atoms with Crippen LogP contribution in [0.5, 0.6) is 0 Å². The van der Waals surface area contributed by atoms with Crippen LogP contribution in [0.15, 0.2) is 0 Å². The van der Waals surface area contributed by atoms with Gasteiger partial charge in [-0.05, 0) is 38.3 Å². The standard InChI is InChI=1S/C14H25N3O2/c1-12(18)16-6-3-7-17(9-8-16)14(19)10-13-4-2-5-15-11-13/h13,15H,2-11H2,1H3. The molecular weight excluding hydrogens is 242 g/mol. The van der Waals surface area contributed by atoms with Crippen molar-refractivity contribution in [3.8, 4) is 0 Å². The number of piperidine rings is 1.